The molecule has 1 aliphatic heterocycles. The molecule has 2 unspecified atom stereocenters. The van der Waals surface area contributed by atoms with Crippen molar-refractivity contribution < 1.29 is 14.6 Å². The molecule has 0 amide bonds. The van der Waals surface area contributed by atoms with Crippen molar-refractivity contribution in [3.63, 3.8) is 0 Å². The van der Waals surface area contributed by atoms with Gasteiger partial charge in [0.2, 0.25) is 0 Å². The summed E-state index contributed by atoms with van der Waals surface area (Å²) < 4.78 is 11.0. The lowest BCUT2D eigenvalue weighted by Gasteiger charge is -2.37. The van der Waals surface area contributed by atoms with Crippen LogP contribution in [0.3, 0.4) is 0 Å². The molecule has 0 aromatic heterocycles. The van der Waals surface area contributed by atoms with Gasteiger partial charge in [-0.2, -0.15) is 0 Å². The lowest BCUT2D eigenvalue weighted by Crippen LogP contribution is -2.42. The van der Waals surface area contributed by atoms with Crippen LogP contribution in [0.15, 0.2) is 48.5 Å². The average Bonchev–Trinajstić information content (AvgIpc) is 2.62. The van der Waals surface area contributed by atoms with E-state index in [2.05, 4.69) is 29.2 Å². The number of aliphatic hydroxyl groups is 1. The van der Waals surface area contributed by atoms with Crippen molar-refractivity contribution in [2.24, 2.45) is 0 Å². The molecule has 2 atom stereocenters. The van der Waals surface area contributed by atoms with Crippen molar-refractivity contribution in [1.29, 1.82) is 0 Å². The minimum absolute atomic E-state index is 0.0307. The molecule has 1 heterocycles. The van der Waals surface area contributed by atoms with Gasteiger partial charge in [0.05, 0.1) is 20.3 Å². The topological polar surface area (TPSA) is 41.9 Å². The Kier molecular flexibility index (Phi) is 5.38. The van der Waals surface area contributed by atoms with E-state index in [4.69, 9.17) is 9.47 Å². The third-order valence-corrected chi connectivity index (χ3v) is 4.75. The zero-order valence-electron chi connectivity index (χ0n) is 14.3. The minimum atomic E-state index is -0.437. The van der Waals surface area contributed by atoms with Crippen molar-refractivity contribution >= 4 is 0 Å². The van der Waals surface area contributed by atoms with Crippen LogP contribution < -0.4 is 9.47 Å². The maximum Gasteiger partial charge on any atom is 0.126 e. The Bertz CT molecular complexity index is 637. The van der Waals surface area contributed by atoms with Crippen molar-refractivity contribution in [3.05, 3.63) is 59.7 Å². The molecule has 2 aromatic carbocycles. The Labute approximate surface area is 143 Å². The van der Waals surface area contributed by atoms with E-state index in [1.165, 1.54) is 5.56 Å². The number of benzene rings is 2. The van der Waals surface area contributed by atoms with Gasteiger partial charge in [0.1, 0.15) is 11.5 Å². The van der Waals surface area contributed by atoms with Gasteiger partial charge in [0.25, 0.3) is 0 Å². The largest absolute Gasteiger partial charge is 0.496 e. The normalized spacial score (nSPS) is 21.5. The number of methoxy groups -OCH3 is 2. The van der Waals surface area contributed by atoms with Gasteiger partial charge >= 0.3 is 0 Å². The zero-order chi connectivity index (χ0) is 16.9. The van der Waals surface area contributed by atoms with Crippen LogP contribution in [0.4, 0.5) is 0 Å². The lowest BCUT2D eigenvalue weighted by atomic mass is 9.85. The fourth-order valence-corrected chi connectivity index (χ4v) is 3.56. The monoisotopic (exact) mass is 327 g/mol. The second-order valence-electron chi connectivity index (χ2n) is 6.26. The number of aliphatic hydroxyl groups excluding tert-OH is 1. The van der Waals surface area contributed by atoms with Gasteiger partial charge in [0, 0.05) is 24.6 Å². The first-order valence-corrected chi connectivity index (χ1v) is 8.38. The second-order valence-corrected chi connectivity index (χ2v) is 6.26. The fraction of sp³-hybridized carbons (Fsp3) is 0.400. The molecule has 3 rings (SSSR count). The summed E-state index contributed by atoms with van der Waals surface area (Å²) in [4.78, 5) is 2.30. The molecule has 1 fully saturated rings. The number of hydrogen-bond donors (Lipinski definition) is 1. The molecule has 2 aromatic rings. The van der Waals surface area contributed by atoms with Crippen LogP contribution in [-0.2, 0) is 6.54 Å². The van der Waals surface area contributed by atoms with Gasteiger partial charge in [-0.05, 0) is 30.7 Å². The highest BCUT2D eigenvalue weighted by atomic mass is 16.5. The van der Waals surface area contributed by atoms with Crippen LogP contribution in [-0.4, -0.2) is 43.4 Å². The first-order valence-electron chi connectivity index (χ1n) is 8.38. The zero-order valence-corrected chi connectivity index (χ0v) is 14.3. The molecule has 4 nitrogen and oxygen atoms in total. The van der Waals surface area contributed by atoms with Crippen LogP contribution in [0.2, 0.25) is 0 Å². The van der Waals surface area contributed by atoms with Gasteiger partial charge in [-0.3, -0.25) is 4.90 Å². The molecule has 0 spiro atoms. The van der Waals surface area contributed by atoms with Crippen LogP contribution in [0.25, 0.3) is 0 Å². The van der Waals surface area contributed by atoms with Gasteiger partial charge in [-0.25, -0.2) is 0 Å². The smallest absolute Gasteiger partial charge is 0.126 e. The highest BCUT2D eigenvalue weighted by molar-refractivity contribution is 5.48. The highest BCUT2D eigenvalue weighted by Crippen LogP contribution is 2.40. The average molecular weight is 327 g/mol. The van der Waals surface area contributed by atoms with Gasteiger partial charge in [0.15, 0.2) is 0 Å². The molecule has 4 heteroatoms. The lowest BCUT2D eigenvalue weighted by molar-refractivity contribution is 0.0461. The Morgan fingerprint density at radius 3 is 2.25 bits per heavy atom. The third kappa shape index (κ3) is 3.55. The summed E-state index contributed by atoms with van der Waals surface area (Å²) in [5.41, 5.74) is 2.26. The number of β-amino-alcohol motifs (C(OH)–C–C–N with tert-alkyl or cyclic N) is 1. The van der Waals surface area contributed by atoms with Gasteiger partial charge in [-0.1, -0.05) is 36.4 Å². The SMILES string of the molecule is COc1cccc(OC)c1C1CCN(Cc2ccccc2)CC1O. The maximum atomic E-state index is 10.8. The van der Waals surface area contributed by atoms with Gasteiger partial charge < -0.3 is 14.6 Å². The number of rotatable bonds is 5. The predicted molar refractivity (Wildman–Crippen MR) is 94.6 cm³/mol. The Morgan fingerprint density at radius 2 is 1.67 bits per heavy atom. The Balaban J connectivity index is 1.75. The first kappa shape index (κ1) is 16.8. The van der Waals surface area contributed by atoms with E-state index in [0.717, 1.165) is 36.6 Å². The molecular formula is C20H25NO3. The van der Waals surface area contributed by atoms with E-state index in [1.807, 2.05) is 24.3 Å². The van der Waals surface area contributed by atoms with Crippen molar-refractivity contribution in [2.75, 3.05) is 27.3 Å². The van der Waals surface area contributed by atoms with Crippen molar-refractivity contribution in [2.45, 2.75) is 25.0 Å². The van der Waals surface area contributed by atoms with Crippen LogP contribution in [0.5, 0.6) is 11.5 Å². The molecular weight excluding hydrogens is 302 g/mol. The van der Waals surface area contributed by atoms with Crippen molar-refractivity contribution in [1.82, 2.24) is 4.90 Å². The van der Waals surface area contributed by atoms with Crippen molar-refractivity contribution in [3.8, 4) is 11.5 Å². The summed E-state index contributed by atoms with van der Waals surface area (Å²) in [6.45, 7) is 2.46. The quantitative estimate of drug-likeness (QED) is 0.916. The van der Waals surface area contributed by atoms with E-state index in [1.54, 1.807) is 14.2 Å². The molecule has 1 N–H and O–H groups in total. The molecule has 24 heavy (non-hydrogen) atoms. The standard InChI is InChI=1S/C20H25NO3/c1-23-18-9-6-10-19(24-2)20(18)16-11-12-21(14-17(16)22)13-15-7-4-3-5-8-15/h3-10,16-17,22H,11-14H2,1-2H3. The van der Waals surface area contributed by atoms with Gasteiger partial charge in [-0.15, -0.1) is 0 Å². The first-order chi connectivity index (χ1) is 11.7. The number of likely N-dealkylation sites (tertiary alicyclic amines) is 1. The number of nitrogens with zero attached hydrogens (tertiary/aromatic N) is 1. The highest BCUT2D eigenvalue weighted by Gasteiger charge is 2.32. The minimum Gasteiger partial charge on any atom is -0.496 e. The van der Waals surface area contributed by atoms with E-state index in [0.29, 0.717) is 6.54 Å². The summed E-state index contributed by atoms with van der Waals surface area (Å²) in [6.07, 6.45) is 0.442. The molecule has 128 valence electrons. The summed E-state index contributed by atoms with van der Waals surface area (Å²) >= 11 is 0. The second kappa shape index (κ2) is 7.69. The van der Waals surface area contributed by atoms with Crippen LogP contribution in [0.1, 0.15) is 23.5 Å². The summed E-state index contributed by atoms with van der Waals surface area (Å²) in [5.74, 6) is 1.60. The summed E-state index contributed by atoms with van der Waals surface area (Å²) in [7, 11) is 3.32. The number of ether oxygens (including phenoxy) is 2. The molecule has 0 aliphatic carbocycles. The van der Waals surface area contributed by atoms with E-state index in [9.17, 15) is 5.11 Å². The summed E-state index contributed by atoms with van der Waals surface area (Å²) in [5, 5.41) is 10.8. The van der Waals surface area contributed by atoms with E-state index < -0.39 is 6.10 Å². The van der Waals surface area contributed by atoms with E-state index >= 15 is 0 Å². The molecule has 1 aliphatic rings. The number of piperidine rings is 1. The van der Waals surface area contributed by atoms with E-state index in [-0.39, 0.29) is 5.92 Å². The van der Waals surface area contributed by atoms with Crippen LogP contribution in [0, 0.1) is 0 Å². The molecule has 0 bridgehead atoms. The molecule has 0 radical (unpaired) electrons. The summed E-state index contributed by atoms with van der Waals surface area (Å²) in [6, 6.07) is 16.2. The fourth-order valence-electron chi connectivity index (χ4n) is 3.56. The van der Waals surface area contributed by atoms with Crippen LogP contribution >= 0.6 is 0 Å². The predicted octanol–water partition coefficient (Wildman–Crippen LogP) is 3.05. The molecule has 1 saturated heterocycles. The molecule has 0 saturated carbocycles. The maximum absolute atomic E-state index is 10.8. The Morgan fingerprint density at radius 1 is 1.00 bits per heavy atom. The number of hydrogen-bond acceptors (Lipinski definition) is 4. The third-order valence-electron chi connectivity index (χ3n) is 4.75. The Hall–Kier alpha value is -2.04.